The van der Waals surface area contributed by atoms with Crippen LogP contribution in [0, 0.1) is 0 Å². The van der Waals surface area contributed by atoms with Gasteiger partial charge in [0, 0.05) is 25.7 Å². The third-order valence-corrected chi connectivity index (χ3v) is 3.11. The van der Waals surface area contributed by atoms with E-state index in [2.05, 4.69) is 69.2 Å². The molecule has 0 aromatic heterocycles. The summed E-state index contributed by atoms with van der Waals surface area (Å²) < 4.78 is 5.57. The van der Waals surface area contributed by atoms with Crippen molar-refractivity contribution in [2.24, 2.45) is 0 Å². The fraction of sp³-hybridized carbons (Fsp3) is 0.647. The van der Waals surface area contributed by atoms with Crippen LogP contribution < -0.4 is 5.32 Å². The maximum Gasteiger partial charge on any atom is 0.0596 e. The highest BCUT2D eigenvalue weighted by atomic mass is 16.5. The van der Waals surface area contributed by atoms with Gasteiger partial charge in [0.05, 0.1) is 12.7 Å². The highest BCUT2D eigenvalue weighted by molar-refractivity contribution is 5.22. The van der Waals surface area contributed by atoms with Crippen molar-refractivity contribution < 1.29 is 4.74 Å². The summed E-state index contributed by atoms with van der Waals surface area (Å²) in [5.41, 5.74) is 2.69. The molecule has 3 nitrogen and oxygen atoms in total. The van der Waals surface area contributed by atoms with Crippen molar-refractivity contribution in [3.63, 3.8) is 0 Å². The Labute approximate surface area is 124 Å². The predicted molar refractivity (Wildman–Crippen MR) is 85.8 cm³/mol. The molecule has 1 aromatic carbocycles. The molecule has 0 fully saturated rings. The maximum atomic E-state index is 5.57. The zero-order valence-corrected chi connectivity index (χ0v) is 13.6. The second kappa shape index (κ2) is 9.11. The molecular formula is C17H30N2O. The Kier molecular flexibility index (Phi) is 7.82. The fourth-order valence-electron chi connectivity index (χ4n) is 1.92. The van der Waals surface area contributed by atoms with Gasteiger partial charge in [-0.2, -0.15) is 0 Å². The van der Waals surface area contributed by atoms with Gasteiger partial charge in [-0.05, 0) is 32.0 Å². The summed E-state index contributed by atoms with van der Waals surface area (Å²) >= 11 is 0. The van der Waals surface area contributed by atoms with E-state index in [1.54, 1.807) is 0 Å². The van der Waals surface area contributed by atoms with E-state index in [0.717, 1.165) is 26.2 Å². The average Bonchev–Trinajstić information content (AvgIpc) is 2.37. The first-order chi connectivity index (χ1) is 9.47. The first kappa shape index (κ1) is 17.2. The maximum absolute atomic E-state index is 5.57. The van der Waals surface area contributed by atoms with Crippen LogP contribution in [0.1, 0.15) is 38.8 Å². The van der Waals surface area contributed by atoms with Crippen LogP contribution >= 0.6 is 0 Å². The van der Waals surface area contributed by atoms with Gasteiger partial charge in [-0.3, -0.25) is 4.90 Å². The predicted octanol–water partition coefficient (Wildman–Crippen LogP) is 3.04. The van der Waals surface area contributed by atoms with E-state index >= 15 is 0 Å². The molecule has 0 aliphatic rings. The van der Waals surface area contributed by atoms with E-state index in [-0.39, 0.29) is 0 Å². The van der Waals surface area contributed by atoms with Crippen molar-refractivity contribution >= 4 is 0 Å². The van der Waals surface area contributed by atoms with Gasteiger partial charge >= 0.3 is 0 Å². The monoisotopic (exact) mass is 278 g/mol. The highest BCUT2D eigenvalue weighted by Gasteiger charge is 2.02. The molecule has 0 saturated heterocycles. The van der Waals surface area contributed by atoms with Crippen LogP contribution in [0.25, 0.3) is 0 Å². The van der Waals surface area contributed by atoms with E-state index in [0.29, 0.717) is 12.1 Å². The van der Waals surface area contributed by atoms with Gasteiger partial charge in [0.1, 0.15) is 0 Å². The van der Waals surface area contributed by atoms with Crippen LogP contribution in [0.5, 0.6) is 0 Å². The lowest BCUT2D eigenvalue weighted by Crippen LogP contribution is -2.24. The molecule has 0 aliphatic heterocycles. The molecule has 0 heterocycles. The number of rotatable bonds is 9. The van der Waals surface area contributed by atoms with Crippen molar-refractivity contribution in [2.45, 2.75) is 52.9 Å². The lowest BCUT2D eigenvalue weighted by molar-refractivity contribution is 0.0627. The molecule has 20 heavy (non-hydrogen) atoms. The van der Waals surface area contributed by atoms with E-state index in [1.807, 2.05) is 0 Å². The molecule has 0 radical (unpaired) electrons. The zero-order valence-electron chi connectivity index (χ0n) is 13.6. The van der Waals surface area contributed by atoms with Gasteiger partial charge in [-0.1, -0.05) is 38.1 Å². The van der Waals surface area contributed by atoms with Crippen LogP contribution in [0.15, 0.2) is 24.3 Å². The average molecular weight is 278 g/mol. The smallest absolute Gasteiger partial charge is 0.0596 e. The quantitative estimate of drug-likeness (QED) is 0.751. The first-order valence-corrected chi connectivity index (χ1v) is 7.58. The number of likely N-dealkylation sites (N-methyl/N-ethyl adjacent to an activating group) is 1. The molecular weight excluding hydrogens is 248 g/mol. The standard InChI is InChI=1S/C17H30N2O/c1-14(2)18-12-16-6-8-17(9-7-16)13-19(5)10-11-20-15(3)4/h6-9,14-15,18H,10-13H2,1-5H3. The molecule has 0 bridgehead atoms. The molecule has 114 valence electrons. The van der Waals surface area contributed by atoms with E-state index in [4.69, 9.17) is 4.74 Å². The fourth-order valence-corrected chi connectivity index (χ4v) is 1.92. The molecule has 0 unspecified atom stereocenters. The summed E-state index contributed by atoms with van der Waals surface area (Å²) in [6, 6.07) is 9.39. The number of benzene rings is 1. The molecule has 1 aromatic rings. The van der Waals surface area contributed by atoms with E-state index in [9.17, 15) is 0 Å². The Hall–Kier alpha value is -0.900. The van der Waals surface area contributed by atoms with Crippen molar-refractivity contribution in [3.05, 3.63) is 35.4 Å². The third-order valence-electron chi connectivity index (χ3n) is 3.11. The van der Waals surface area contributed by atoms with Crippen molar-refractivity contribution in [2.75, 3.05) is 20.2 Å². The van der Waals surface area contributed by atoms with Crippen molar-refractivity contribution in [1.29, 1.82) is 0 Å². The van der Waals surface area contributed by atoms with Crippen molar-refractivity contribution in [1.82, 2.24) is 10.2 Å². The number of hydrogen-bond acceptors (Lipinski definition) is 3. The van der Waals surface area contributed by atoms with Crippen molar-refractivity contribution in [3.8, 4) is 0 Å². The Morgan fingerprint density at radius 1 is 1.05 bits per heavy atom. The van der Waals surface area contributed by atoms with Gasteiger partial charge in [0.2, 0.25) is 0 Å². The van der Waals surface area contributed by atoms with Crippen LogP contribution in [0.2, 0.25) is 0 Å². The number of ether oxygens (including phenoxy) is 1. The normalized spacial score (nSPS) is 11.8. The molecule has 0 saturated carbocycles. The third kappa shape index (κ3) is 7.63. The van der Waals surface area contributed by atoms with Crippen LogP contribution in [-0.4, -0.2) is 37.2 Å². The molecule has 3 heteroatoms. The summed E-state index contributed by atoms with van der Waals surface area (Å²) in [5, 5.41) is 3.43. The summed E-state index contributed by atoms with van der Waals surface area (Å²) in [6.07, 6.45) is 0.316. The van der Waals surface area contributed by atoms with Gasteiger partial charge in [0.15, 0.2) is 0 Å². The van der Waals surface area contributed by atoms with Gasteiger partial charge < -0.3 is 10.1 Å². The first-order valence-electron chi connectivity index (χ1n) is 7.58. The Morgan fingerprint density at radius 3 is 2.20 bits per heavy atom. The minimum Gasteiger partial charge on any atom is -0.377 e. The Balaban J connectivity index is 2.33. The van der Waals surface area contributed by atoms with E-state index in [1.165, 1.54) is 11.1 Å². The van der Waals surface area contributed by atoms with Gasteiger partial charge in [0.25, 0.3) is 0 Å². The molecule has 1 N–H and O–H groups in total. The van der Waals surface area contributed by atoms with Gasteiger partial charge in [-0.25, -0.2) is 0 Å². The molecule has 0 spiro atoms. The SMILES string of the molecule is CC(C)NCc1ccc(CN(C)CCOC(C)C)cc1. The largest absolute Gasteiger partial charge is 0.377 e. The van der Waals surface area contributed by atoms with E-state index < -0.39 is 0 Å². The lowest BCUT2D eigenvalue weighted by Gasteiger charge is -2.18. The molecule has 0 aliphatic carbocycles. The number of nitrogens with zero attached hydrogens (tertiary/aromatic N) is 1. The summed E-state index contributed by atoms with van der Waals surface area (Å²) in [5.74, 6) is 0. The zero-order chi connectivity index (χ0) is 15.0. The minimum absolute atomic E-state index is 0.316. The lowest BCUT2D eigenvalue weighted by atomic mass is 10.1. The Bertz CT molecular complexity index is 360. The Morgan fingerprint density at radius 2 is 1.65 bits per heavy atom. The van der Waals surface area contributed by atoms with Crippen LogP contribution in [0.4, 0.5) is 0 Å². The summed E-state index contributed by atoms with van der Waals surface area (Å²) in [7, 11) is 2.14. The summed E-state index contributed by atoms with van der Waals surface area (Å²) in [4.78, 5) is 2.30. The second-order valence-electron chi connectivity index (χ2n) is 6.01. The summed E-state index contributed by atoms with van der Waals surface area (Å²) in [6.45, 7) is 12.2. The van der Waals surface area contributed by atoms with Crippen LogP contribution in [-0.2, 0) is 17.8 Å². The second-order valence-corrected chi connectivity index (χ2v) is 6.01. The number of hydrogen-bond donors (Lipinski definition) is 1. The molecule has 1 rings (SSSR count). The molecule has 0 atom stereocenters. The topological polar surface area (TPSA) is 24.5 Å². The highest BCUT2D eigenvalue weighted by Crippen LogP contribution is 2.07. The molecule has 0 amide bonds. The minimum atomic E-state index is 0.316. The van der Waals surface area contributed by atoms with Crippen LogP contribution in [0.3, 0.4) is 0 Å². The number of nitrogens with one attached hydrogen (secondary N) is 1. The van der Waals surface area contributed by atoms with Gasteiger partial charge in [-0.15, -0.1) is 0 Å².